The lowest BCUT2D eigenvalue weighted by Crippen LogP contribution is -2.35. The minimum atomic E-state index is 0.682. The predicted molar refractivity (Wildman–Crippen MR) is 68.4 cm³/mol. The fourth-order valence-corrected chi connectivity index (χ4v) is 2.21. The zero-order valence-electron chi connectivity index (χ0n) is 10.5. The number of nitrogens with zero attached hydrogens (tertiary/aromatic N) is 3. The van der Waals surface area contributed by atoms with E-state index in [2.05, 4.69) is 20.2 Å². The van der Waals surface area contributed by atoms with Crippen molar-refractivity contribution in [2.75, 3.05) is 44.1 Å². The molecular formula is C12H20N4O. The van der Waals surface area contributed by atoms with E-state index in [1.54, 1.807) is 13.3 Å². The van der Waals surface area contributed by atoms with Crippen LogP contribution < -0.4 is 10.2 Å². The molecule has 0 aromatic carbocycles. The van der Waals surface area contributed by atoms with Gasteiger partial charge < -0.3 is 15.0 Å². The van der Waals surface area contributed by atoms with Crippen molar-refractivity contribution in [1.82, 2.24) is 9.97 Å². The van der Waals surface area contributed by atoms with E-state index in [-0.39, 0.29) is 0 Å². The molecule has 1 aromatic rings. The molecule has 1 aliphatic heterocycles. The largest absolute Gasteiger partial charge is 0.384 e. The molecule has 1 aromatic heterocycles. The van der Waals surface area contributed by atoms with E-state index in [1.165, 1.54) is 12.8 Å². The Morgan fingerprint density at radius 3 is 2.88 bits per heavy atom. The normalized spacial score (nSPS) is 17.2. The second-order valence-corrected chi connectivity index (χ2v) is 4.37. The van der Waals surface area contributed by atoms with Crippen LogP contribution in [0.2, 0.25) is 0 Å². The van der Waals surface area contributed by atoms with E-state index >= 15 is 0 Å². The van der Waals surface area contributed by atoms with Gasteiger partial charge in [0.05, 0.1) is 0 Å². The zero-order chi connectivity index (χ0) is 12.1. The third-order valence-electron chi connectivity index (χ3n) is 3.21. The number of rotatable bonds is 4. The Kier molecular flexibility index (Phi) is 4.14. The lowest BCUT2D eigenvalue weighted by molar-refractivity contribution is 0.139. The van der Waals surface area contributed by atoms with Gasteiger partial charge >= 0.3 is 0 Å². The van der Waals surface area contributed by atoms with Gasteiger partial charge in [0, 0.05) is 40.1 Å². The third-order valence-corrected chi connectivity index (χ3v) is 3.21. The lowest BCUT2D eigenvalue weighted by atomic mass is 9.98. The second kappa shape index (κ2) is 5.82. The van der Waals surface area contributed by atoms with Gasteiger partial charge in [-0.2, -0.15) is 4.98 Å². The first-order chi connectivity index (χ1) is 8.33. The first kappa shape index (κ1) is 12.1. The van der Waals surface area contributed by atoms with Gasteiger partial charge in [0.1, 0.15) is 5.82 Å². The van der Waals surface area contributed by atoms with Crippen molar-refractivity contribution in [3.63, 3.8) is 0 Å². The van der Waals surface area contributed by atoms with E-state index in [9.17, 15) is 0 Å². The Balaban J connectivity index is 1.95. The molecule has 0 bridgehead atoms. The molecule has 5 nitrogen and oxygen atoms in total. The summed E-state index contributed by atoms with van der Waals surface area (Å²) in [5, 5.41) is 2.97. The molecule has 1 fully saturated rings. The molecule has 17 heavy (non-hydrogen) atoms. The molecular weight excluding hydrogens is 216 g/mol. The Hall–Kier alpha value is -1.36. The van der Waals surface area contributed by atoms with Gasteiger partial charge in [-0.3, -0.25) is 0 Å². The predicted octanol–water partition coefficient (Wildman–Crippen LogP) is 1.38. The first-order valence-electron chi connectivity index (χ1n) is 6.08. The first-order valence-corrected chi connectivity index (χ1v) is 6.08. The lowest BCUT2D eigenvalue weighted by Gasteiger charge is -2.32. The van der Waals surface area contributed by atoms with Gasteiger partial charge in [-0.1, -0.05) is 0 Å². The highest BCUT2D eigenvalue weighted by atomic mass is 16.5. The maximum absolute atomic E-state index is 5.20. The molecule has 2 rings (SSSR count). The molecule has 1 saturated heterocycles. The molecule has 94 valence electrons. The summed E-state index contributed by atoms with van der Waals surface area (Å²) in [7, 11) is 3.61. The molecule has 1 N–H and O–H groups in total. The summed E-state index contributed by atoms with van der Waals surface area (Å²) in [6, 6.07) is 1.97. The number of aromatic nitrogens is 2. The summed E-state index contributed by atoms with van der Waals surface area (Å²) in [6.07, 6.45) is 4.15. The van der Waals surface area contributed by atoms with Crippen LogP contribution in [0, 0.1) is 5.92 Å². The van der Waals surface area contributed by atoms with Crippen molar-refractivity contribution in [2.24, 2.45) is 5.92 Å². The van der Waals surface area contributed by atoms with Crippen molar-refractivity contribution < 1.29 is 4.74 Å². The molecule has 0 radical (unpaired) electrons. The number of hydrogen-bond donors (Lipinski definition) is 1. The van der Waals surface area contributed by atoms with Crippen molar-refractivity contribution >= 4 is 11.8 Å². The molecule has 1 aliphatic rings. The van der Waals surface area contributed by atoms with Gasteiger partial charge in [0.2, 0.25) is 5.95 Å². The van der Waals surface area contributed by atoms with Crippen LogP contribution in [0.4, 0.5) is 11.8 Å². The van der Waals surface area contributed by atoms with Gasteiger partial charge in [-0.15, -0.1) is 0 Å². The van der Waals surface area contributed by atoms with Crippen LogP contribution >= 0.6 is 0 Å². The summed E-state index contributed by atoms with van der Waals surface area (Å²) in [6.45, 7) is 2.97. The van der Waals surface area contributed by atoms with E-state index in [0.717, 1.165) is 25.5 Å². The van der Waals surface area contributed by atoms with Crippen LogP contribution in [-0.4, -0.2) is 43.8 Å². The van der Waals surface area contributed by atoms with Gasteiger partial charge in [0.25, 0.3) is 0 Å². The number of piperidine rings is 1. The Labute approximate surface area is 102 Å². The average molecular weight is 236 g/mol. The molecule has 0 saturated carbocycles. The fraction of sp³-hybridized carbons (Fsp3) is 0.667. The Morgan fingerprint density at radius 1 is 1.47 bits per heavy atom. The Bertz CT molecular complexity index is 350. The average Bonchev–Trinajstić information content (AvgIpc) is 2.40. The fourth-order valence-electron chi connectivity index (χ4n) is 2.21. The van der Waals surface area contributed by atoms with E-state index in [1.807, 2.05) is 13.1 Å². The monoisotopic (exact) mass is 236 g/mol. The number of nitrogens with one attached hydrogen (secondary N) is 1. The summed E-state index contributed by atoms with van der Waals surface area (Å²) in [5.74, 6) is 2.39. The van der Waals surface area contributed by atoms with E-state index in [4.69, 9.17) is 4.74 Å². The molecule has 0 unspecified atom stereocenters. The standard InChI is InChI=1S/C12H20N4O/c1-13-12-14-6-3-11(15-12)16-7-4-10(5-8-16)9-17-2/h3,6,10H,4-5,7-9H2,1-2H3,(H,13,14,15). The number of hydrogen-bond acceptors (Lipinski definition) is 5. The van der Waals surface area contributed by atoms with Crippen LogP contribution in [0.3, 0.4) is 0 Å². The molecule has 0 spiro atoms. The maximum atomic E-state index is 5.20. The van der Waals surface area contributed by atoms with Crippen LogP contribution in [-0.2, 0) is 4.74 Å². The minimum Gasteiger partial charge on any atom is -0.384 e. The number of anilines is 2. The second-order valence-electron chi connectivity index (χ2n) is 4.37. The van der Waals surface area contributed by atoms with Crippen molar-refractivity contribution in [2.45, 2.75) is 12.8 Å². The molecule has 0 amide bonds. The SMILES string of the molecule is CNc1nccc(N2CCC(COC)CC2)n1. The Morgan fingerprint density at radius 2 is 2.24 bits per heavy atom. The van der Waals surface area contributed by atoms with Crippen LogP contribution in [0.1, 0.15) is 12.8 Å². The maximum Gasteiger partial charge on any atom is 0.224 e. The van der Waals surface area contributed by atoms with Crippen LogP contribution in [0.25, 0.3) is 0 Å². The third kappa shape index (κ3) is 3.06. The van der Waals surface area contributed by atoms with Crippen molar-refractivity contribution in [1.29, 1.82) is 0 Å². The summed E-state index contributed by atoms with van der Waals surface area (Å²) >= 11 is 0. The quantitative estimate of drug-likeness (QED) is 0.856. The number of ether oxygens (including phenoxy) is 1. The zero-order valence-corrected chi connectivity index (χ0v) is 10.5. The van der Waals surface area contributed by atoms with Gasteiger partial charge in [-0.05, 0) is 24.8 Å². The van der Waals surface area contributed by atoms with Crippen molar-refractivity contribution in [3.8, 4) is 0 Å². The molecule has 0 aliphatic carbocycles. The van der Waals surface area contributed by atoms with E-state index < -0.39 is 0 Å². The highest BCUT2D eigenvalue weighted by molar-refractivity contribution is 5.42. The van der Waals surface area contributed by atoms with Gasteiger partial charge in [0.15, 0.2) is 0 Å². The smallest absolute Gasteiger partial charge is 0.224 e. The van der Waals surface area contributed by atoms with Crippen LogP contribution in [0.5, 0.6) is 0 Å². The number of methoxy groups -OCH3 is 1. The van der Waals surface area contributed by atoms with Crippen LogP contribution in [0.15, 0.2) is 12.3 Å². The molecule has 0 atom stereocenters. The topological polar surface area (TPSA) is 50.3 Å². The summed E-state index contributed by atoms with van der Waals surface area (Å²) in [5.41, 5.74) is 0. The highest BCUT2D eigenvalue weighted by Crippen LogP contribution is 2.22. The molecule has 5 heteroatoms. The summed E-state index contributed by atoms with van der Waals surface area (Å²) < 4.78 is 5.20. The van der Waals surface area contributed by atoms with Crippen molar-refractivity contribution in [3.05, 3.63) is 12.3 Å². The van der Waals surface area contributed by atoms with E-state index in [0.29, 0.717) is 11.9 Å². The molecule has 2 heterocycles. The highest BCUT2D eigenvalue weighted by Gasteiger charge is 2.20. The summed E-state index contributed by atoms with van der Waals surface area (Å²) in [4.78, 5) is 10.9. The van der Waals surface area contributed by atoms with Gasteiger partial charge in [-0.25, -0.2) is 4.98 Å². The minimum absolute atomic E-state index is 0.682.